The van der Waals surface area contributed by atoms with E-state index in [0.29, 0.717) is 0 Å². The first kappa shape index (κ1) is 12.5. The van der Waals surface area contributed by atoms with Crippen LogP contribution in [0.3, 0.4) is 0 Å². The Balaban J connectivity index is 2.66. The lowest BCUT2D eigenvalue weighted by molar-refractivity contribution is -0.150. The summed E-state index contributed by atoms with van der Waals surface area (Å²) >= 11 is 0. The molecule has 4 heteroatoms. The molecule has 1 rings (SSSR count). The molecule has 4 nitrogen and oxygen atoms in total. The molecule has 2 N–H and O–H groups in total. The van der Waals surface area contributed by atoms with Crippen molar-refractivity contribution < 1.29 is 14.3 Å². The van der Waals surface area contributed by atoms with Crippen molar-refractivity contribution in [3.05, 3.63) is 0 Å². The second kappa shape index (κ2) is 4.94. The van der Waals surface area contributed by atoms with E-state index in [1.54, 1.807) is 0 Å². The fourth-order valence-electron chi connectivity index (χ4n) is 1.96. The molecule has 0 saturated carbocycles. The monoisotopic (exact) mass is 215 g/mol. The molecule has 0 amide bonds. The lowest BCUT2D eigenvalue weighted by Crippen LogP contribution is -2.52. The maximum absolute atomic E-state index is 11.4. The van der Waals surface area contributed by atoms with Gasteiger partial charge in [-0.15, -0.1) is 0 Å². The van der Waals surface area contributed by atoms with Gasteiger partial charge < -0.3 is 15.2 Å². The Morgan fingerprint density at radius 3 is 2.67 bits per heavy atom. The van der Waals surface area contributed by atoms with Crippen molar-refractivity contribution in [1.29, 1.82) is 0 Å². The molecule has 0 aliphatic carbocycles. The molecule has 0 aromatic carbocycles. The van der Waals surface area contributed by atoms with Gasteiger partial charge in [0.25, 0.3) is 0 Å². The molecule has 0 spiro atoms. The van der Waals surface area contributed by atoms with E-state index in [4.69, 9.17) is 10.5 Å². The first-order valence-corrected chi connectivity index (χ1v) is 5.45. The molecule has 0 bridgehead atoms. The summed E-state index contributed by atoms with van der Waals surface area (Å²) in [5.41, 5.74) is 5.51. The van der Waals surface area contributed by atoms with Crippen LogP contribution >= 0.6 is 0 Å². The topological polar surface area (TPSA) is 61.5 Å². The molecule has 1 fully saturated rings. The van der Waals surface area contributed by atoms with Crippen molar-refractivity contribution in [3.63, 3.8) is 0 Å². The first-order chi connectivity index (χ1) is 7.00. The minimum Gasteiger partial charge on any atom is -0.468 e. The van der Waals surface area contributed by atoms with Crippen molar-refractivity contribution in [1.82, 2.24) is 0 Å². The van der Waals surface area contributed by atoms with Gasteiger partial charge in [0, 0.05) is 12.0 Å². The minimum absolute atomic E-state index is 0.0559. The summed E-state index contributed by atoms with van der Waals surface area (Å²) < 4.78 is 10.3. The number of hydrogen-bond acceptors (Lipinski definition) is 4. The van der Waals surface area contributed by atoms with Gasteiger partial charge in [0.2, 0.25) is 0 Å². The maximum Gasteiger partial charge on any atom is 0.323 e. The van der Waals surface area contributed by atoms with E-state index >= 15 is 0 Å². The highest BCUT2D eigenvalue weighted by Crippen LogP contribution is 2.33. The minimum atomic E-state index is -0.620. The van der Waals surface area contributed by atoms with Crippen molar-refractivity contribution in [2.75, 3.05) is 13.7 Å². The van der Waals surface area contributed by atoms with Gasteiger partial charge in [-0.2, -0.15) is 0 Å². The van der Waals surface area contributed by atoms with Crippen molar-refractivity contribution in [2.24, 2.45) is 11.1 Å². The molecule has 2 atom stereocenters. The number of methoxy groups -OCH3 is 1. The molecular formula is C11H21NO3. The third-order valence-electron chi connectivity index (χ3n) is 3.27. The van der Waals surface area contributed by atoms with Crippen LogP contribution in [0.25, 0.3) is 0 Å². The molecule has 1 aliphatic rings. The number of hydrogen-bond donors (Lipinski definition) is 1. The molecule has 2 unspecified atom stereocenters. The summed E-state index contributed by atoms with van der Waals surface area (Å²) in [6.07, 6.45) is 3.26. The predicted octanol–water partition coefficient (Wildman–Crippen LogP) is 1.08. The van der Waals surface area contributed by atoms with Crippen LogP contribution in [0.2, 0.25) is 0 Å². The molecule has 0 aromatic rings. The number of carbonyl (C=O) groups excluding carboxylic acids is 1. The van der Waals surface area contributed by atoms with Crippen LogP contribution in [0, 0.1) is 5.41 Å². The summed E-state index contributed by atoms with van der Waals surface area (Å²) in [6.45, 7) is 4.69. The Morgan fingerprint density at radius 2 is 2.20 bits per heavy atom. The molecule has 1 saturated heterocycles. The quantitative estimate of drug-likeness (QED) is 0.716. The Bertz CT molecular complexity index is 222. The van der Waals surface area contributed by atoms with Gasteiger partial charge >= 0.3 is 5.97 Å². The van der Waals surface area contributed by atoms with E-state index in [0.717, 1.165) is 25.9 Å². The van der Waals surface area contributed by atoms with E-state index in [2.05, 4.69) is 4.74 Å². The highest BCUT2D eigenvalue weighted by Gasteiger charge is 2.41. The van der Waals surface area contributed by atoms with E-state index in [1.165, 1.54) is 7.11 Å². The first-order valence-electron chi connectivity index (χ1n) is 5.45. The second-order valence-corrected chi connectivity index (χ2v) is 4.68. The molecule has 1 aliphatic heterocycles. The Hall–Kier alpha value is -0.610. The number of carbonyl (C=O) groups is 1. The third-order valence-corrected chi connectivity index (χ3v) is 3.27. The average Bonchev–Trinajstić information content (AvgIpc) is 2.28. The molecule has 1 heterocycles. The van der Waals surface area contributed by atoms with Gasteiger partial charge in [0.15, 0.2) is 0 Å². The summed E-state index contributed by atoms with van der Waals surface area (Å²) in [6, 6.07) is -0.620. The second-order valence-electron chi connectivity index (χ2n) is 4.68. The van der Waals surface area contributed by atoms with Crippen LogP contribution in [0.4, 0.5) is 0 Å². The summed E-state index contributed by atoms with van der Waals surface area (Å²) in [5.74, 6) is -0.367. The number of nitrogens with two attached hydrogens (primary N) is 1. The SMILES string of the molecule is COC(=O)C(N)C(C)(C)C1CCCCO1. The van der Waals surface area contributed by atoms with Crippen molar-refractivity contribution in [2.45, 2.75) is 45.3 Å². The third kappa shape index (κ3) is 2.69. The Labute approximate surface area is 91.1 Å². The smallest absolute Gasteiger partial charge is 0.323 e. The van der Waals surface area contributed by atoms with Gasteiger partial charge in [-0.25, -0.2) is 0 Å². The highest BCUT2D eigenvalue weighted by molar-refractivity contribution is 5.76. The van der Waals surface area contributed by atoms with Crippen LogP contribution in [0.5, 0.6) is 0 Å². The van der Waals surface area contributed by atoms with Crippen LogP contribution in [0.1, 0.15) is 33.1 Å². The zero-order valence-corrected chi connectivity index (χ0v) is 9.79. The molecule has 0 radical (unpaired) electrons. The van der Waals surface area contributed by atoms with Gasteiger partial charge in [-0.3, -0.25) is 4.79 Å². The normalized spacial score (nSPS) is 24.7. The summed E-state index contributed by atoms with van der Waals surface area (Å²) in [5, 5.41) is 0. The summed E-state index contributed by atoms with van der Waals surface area (Å²) in [7, 11) is 1.36. The van der Waals surface area contributed by atoms with Crippen LogP contribution in [0.15, 0.2) is 0 Å². The van der Waals surface area contributed by atoms with E-state index in [9.17, 15) is 4.79 Å². The standard InChI is InChI=1S/C11H21NO3/c1-11(2,9(12)10(13)14-3)8-6-4-5-7-15-8/h8-9H,4-7,12H2,1-3H3. The lowest BCUT2D eigenvalue weighted by atomic mass is 9.76. The fraction of sp³-hybridized carbons (Fsp3) is 0.909. The molecule has 88 valence electrons. The van der Waals surface area contributed by atoms with Gasteiger partial charge in [0.1, 0.15) is 6.04 Å². The van der Waals surface area contributed by atoms with E-state index < -0.39 is 6.04 Å². The largest absolute Gasteiger partial charge is 0.468 e. The Morgan fingerprint density at radius 1 is 1.53 bits per heavy atom. The fourth-order valence-corrected chi connectivity index (χ4v) is 1.96. The number of ether oxygens (including phenoxy) is 2. The van der Waals surface area contributed by atoms with Crippen molar-refractivity contribution >= 4 is 5.97 Å². The van der Waals surface area contributed by atoms with Crippen LogP contribution in [-0.4, -0.2) is 31.8 Å². The summed E-state index contributed by atoms with van der Waals surface area (Å²) in [4.78, 5) is 11.4. The van der Waals surface area contributed by atoms with Gasteiger partial charge in [-0.1, -0.05) is 13.8 Å². The van der Waals surface area contributed by atoms with Crippen molar-refractivity contribution in [3.8, 4) is 0 Å². The number of esters is 1. The Kier molecular flexibility index (Phi) is 4.11. The van der Waals surface area contributed by atoms with E-state index in [-0.39, 0.29) is 17.5 Å². The average molecular weight is 215 g/mol. The van der Waals surface area contributed by atoms with Gasteiger partial charge in [0.05, 0.1) is 13.2 Å². The molecule has 0 aromatic heterocycles. The molecule has 15 heavy (non-hydrogen) atoms. The van der Waals surface area contributed by atoms with Crippen LogP contribution in [-0.2, 0) is 14.3 Å². The zero-order chi connectivity index (χ0) is 11.5. The zero-order valence-electron chi connectivity index (χ0n) is 9.79. The maximum atomic E-state index is 11.4. The lowest BCUT2D eigenvalue weighted by Gasteiger charge is -2.39. The number of rotatable bonds is 3. The molecular weight excluding hydrogens is 194 g/mol. The van der Waals surface area contributed by atoms with Crippen LogP contribution < -0.4 is 5.73 Å². The van der Waals surface area contributed by atoms with E-state index in [1.807, 2.05) is 13.8 Å². The van der Waals surface area contributed by atoms with Gasteiger partial charge in [-0.05, 0) is 19.3 Å². The highest BCUT2D eigenvalue weighted by atomic mass is 16.5. The predicted molar refractivity (Wildman–Crippen MR) is 57.4 cm³/mol.